The first-order valence-electron chi connectivity index (χ1n) is 6.27. The number of carbonyl (C=O) groups excluding carboxylic acids is 2. The SMILES string of the molecule is COC(=O)[C@@H](C)N(C[C@H](O)c1cccc(Cl)c1)C(=O)CCl. The van der Waals surface area contributed by atoms with E-state index >= 15 is 0 Å². The van der Waals surface area contributed by atoms with E-state index in [1.54, 1.807) is 24.3 Å². The Bertz CT molecular complexity index is 510. The zero-order chi connectivity index (χ0) is 16.0. The van der Waals surface area contributed by atoms with Crippen molar-refractivity contribution in [3.63, 3.8) is 0 Å². The molecule has 0 bridgehead atoms. The van der Waals surface area contributed by atoms with E-state index in [1.807, 2.05) is 0 Å². The smallest absolute Gasteiger partial charge is 0.328 e. The molecular weight excluding hydrogens is 317 g/mol. The van der Waals surface area contributed by atoms with Crippen molar-refractivity contribution in [3.05, 3.63) is 34.9 Å². The molecular formula is C14H17Cl2NO4. The zero-order valence-corrected chi connectivity index (χ0v) is 13.3. The maximum absolute atomic E-state index is 11.9. The first-order chi connectivity index (χ1) is 9.90. The molecule has 1 amide bonds. The number of carbonyl (C=O) groups is 2. The van der Waals surface area contributed by atoms with Gasteiger partial charge in [-0.25, -0.2) is 4.79 Å². The highest BCUT2D eigenvalue weighted by atomic mass is 35.5. The summed E-state index contributed by atoms with van der Waals surface area (Å²) < 4.78 is 4.62. The van der Waals surface area contributed by atoms with Crippen molar-refractivity contribution in [2.45, 2.75) is 19.1 Å². The van der Waals surface area contributed by atoms with Crippen molar-refractivity contribution < 1.29 is 19.4 Å². The molecule has 0 aliphatic rings. The molecule has 7 heteroatoms. The minimum Gasteiger partial charge on any atom is -0.467 e. The monoisotopic (exact) mass is 333 g/mol. The molecule has 2 atom stereocenters. The van der Waals surface area contributed by atoms with Gasteiger partial charge in [0.1, 0.15) is 11.9 Å². The van der Waals surface area contributed by atoms with Gasteiger partial charge in [0.25, 0.3) is 0 Å². The number of hydrogen-bond acceptors (Lipinski definition) is 4. The molecule has 1 aromatic rings. The Morgan fingerprint density at radius 1 is 1.43 bits per heavy atom. The van der Waals surface area contributed by atoms with Crippen molar-refractivity contribution in [1.29, 1.82) is 0 Å². The topological polar surface area (TPSA) is 66.8 Å². The van der Waals surface area contributed by atoms with Gasteiger partial charge in [-0.05, 0) is 24.6 Å². The van der Waals surface area contributed by atoms with Crippen LogP contribution in [0.4, 0.5) is 0 Å². The molecule has 1 rings (SSSR count). The molecule has 1 N–H and O–H groups in total. The van der Waals surface area contributed by atoms with Crippen molar-refractivity contribution in [3.8, 4) is 0 Å². The van der Waals surface area contributed by atoms with Crippen molar-refractivity contribution in [2.24, 2.45) is 0 Å². The predicted molar refractivity (Wildman–Crippen MR) is 80.3 cm³/mol. The quantitative estimate of drug-likeness (QED) is 0.638. The van der Waals surface area contributed by atoms with Crippen LogP contribution in [0.15, 0.2) is 24.3 Å². The van der Waals surface area contributed by atoms with Gasteiger partial charge in [0.05, 0.1) is 19.8 Å². The van der Waals surface area contributed by atoms with Crippen LogP contribution in [-0.2, 0) is 14.3 Å². The summed E-state index contributed by atoms with van der Waals surface area (Å²) in [6.45, 7) is 1.43. The van der Waals surface area contributed by atoms with Gasteiger partial charge in [0.15, 0.2) is 0 Å². The number of nitrogens with zero attached hydrogens (tertiary/aromatic N) is 1. The summed E-state index contributed by atoms with van der Waals surface area (Å²) in [7, 11) is 1.23. The maximum Gasteiger partial charge on any atom is 0.328 e. The second-order valence-electron chi connectivity index (χ2n) is 4.45. The first-order valence-corrected chi connectivity index (χ1v) is 7.18. The molecule has 0 saturated carbocycles. The van der Waals surface area contributed by atoms with Crippen LogP contribution >= 0.6 is 23.2 Å². The normalized spacial score (nSPS) is 13.4. The number of alkyl halides is 1. The van der Waals surface area contributed by atoms with Crippen LogP contribution < -0.4 is 0 Å². The lowest BCUT2D eigenvalue weighted by molar-refractivity contribution is -0.152. The van der Waals surface area contributed by atoms with Crippen LogP contribution in [0.3, 0.4) is 0 Å². The fourth-order valence-corrected chi connectivity index (χ4v) is 2.21. The molecule has 0 spiro atoms. The summed E-state index contributed by atoms with van der Waals surface area (Å²) in [6.07, 6.45) is -0.983. The third kappa shape index (κ3) is 4.88. The van der Waals surface area contributed by atoms with Gasteiger partial charge in [-0.2, -0.15) is 0 Å². The van der Waals surface area contributed by atoms with Crippen molar-refractivity contribution >= 4 is 35.1 Å². The van der Waals surface area contributed by atoms with Crippen molar-refractivity contribution in [1.82, 2.24) is 4.90 Å². The molecule has 0 aromatic heterocycles. The van der Waals surface area contributed by atoms with Gasteiger partial charge in [0.2, 0.25) is 5.91 Å². The van der Waals surface area contributed by atoms with Crippen LogP contribution in [0.5, 0.6) is 0 Å². The van der Waals surface area contributed by atoms with Crippen LogP contribution in [0.1, 0.15) is 18.6 Å². The molecule has 0 aliphatic carbocycles. The summed E-state index contributed by atoms with van der Waals surface area (Å²) in [6, 6.07) is 5.81. The Kier molecular flexibility index (Phi) is 6.95. The van der Waals surface area contributed by atoms with E-state index in [0.29, 0.717) is 10.6 Å². The Balaban J connectivity index is 2.90. The highest BCUT2D eigenvalue weighted by molar-refractivity contribution is 6.30. The van der Waals surface area contributed by atoms with Gasteiger partial charge in [0, 0.05) is 5.02 Å². The predicted octanol–water partition coefficient (Wildman–Crippen LogP) is 2.00. The van der Waals surface area contributed by atoms with Crippen LogP contribution in [0, 0.1) is 0 Å². The summed E-state index contributed by atoms with van der Waals surface area (Å²) in [4.78, 5) is 24.6. The summed E-state index contributed by atoms with van der Waals surface area (Å²) in [5, 5.41) is 10.7. The highest BCUT2D eigenvalue weighted by Crippen LogP contribution is 2.20. The lowest BCUT2D eigenvalue weighted by atomic mass is 10.1. The summed E-state index contributed by atoms with van der Waals surface area (Å²) in [5.74, 6) is -1.33. The molecule has 21 heavy (non-hydrogen) atoms. The Morgan fingerprint density at radius 2 is 2.10 bits per heavy atom. The number of rotatable bonds is 6. The van der Waals surface area contributed by atoms with Gasteiger partial charge >= 0.3 is 5.97 Å². The molecule has 5 nitrogen and oxygen atoms in total. The molecule has 0 radical (unpaired) electrons. The zero-order valence-electron chi connectivity index (χ0n) is 11.8. The number of aliphatic hydroxyl groups is 1. The third-order valence-corrected chi connectivity index (χ3v) is 3.51. The van der Waals surface area contributed by atoms with Gasteiger partial charge in [-0.1, -0.05) is 23.7 Å². The van der Waals surface area contributed by atoms with Crippen LogP contribution in [0.25, 0.3) is 0 Å². The number of benzene rings is 1. The Morgan fingerprint density at radius 3 is 2.62 bits per heavy atom. The summed E-state index contributed by atoms with van der Waals surface area (Å²) in [5.41, 5.74) is 0.548. The average Bonchev–Trinajstić information content (AvgIpc) is 2.50. The fourth-order valence-electron chi connectivity index (χ4n) is 1.86. The first kappa shape index (κ1) is 17.8. The minimum absolute atomic E-state index is 0.0812. The van der Waals surface area contributed by atoms with E-state index in [-0.39, 0.29) is 12.4 Å². The minimum atomic E-state index is -0.983. The van der Waals surface area contributed by atoms with Gasteiger partial charge < -0.3 is 14.7 Å². The maximum atomic E-state index is 11.9. The standard InChI is InChI=1S/C14H17Cl2NO4/c1-9(14(20)21-2)17(13(19)7-15)8-12(18)10-4-3-5-11(16)6-10/h3-6,9,12,18H,7-8H2,1-2H3/t9-,12+/m1/s1. The molecule has 0 aliphatic heterocycles. The number of halogens is 2. The molecule has 0 fully saturated rings. The summed E-state index contributed by atoms with van der Waals surface area (Å²) >= 11 is 11.4. The largest absolute Gasteiger partial charge is 0.467 e. The fraction of sp³-hybridized carbons (Fsp3) is 0.429. The average molecular weight is 334 g/mol. The third-order valence-electron chi connectivity index (χ3n) is 3.05. The molecule has 1 aromatic carbocycles. The molecule has 116 valence electrons. The number of ether oxygens (including phenoxy) is 1. The lowest BCUT2D eigenvalue weighted by Crippen LogP contribution is -2.46. The lowest BCUT2D eigenvalue weighted by Gasteiger charge is -2.29. The molecule has 0 saturated heterocycles. The second-order valence-corrected chi connectivity index (χ2v) is 5.15. The van der Waals surface area contributed by atoms with Gasteiger partial charge in [-0.3, -0.25) is 4.79 Å². The van der Waals surface area contributed by atoms with E-state index < -0.39 is 24.0 Å². The van der Waals surface area contributed by atoms with E-state index in [2.05, 4.69) is 4.74 Å². The number of amides is 1. The number of methoxy groups -OCH3 is 1. The number of aliphatic hydroxyl groups excluding tert-OH is 1. The molecule has 0 heterocycles. The molecule has 0 unspecified atom stereocenters. The van der Waals surface area contributed by atoms with Crippen LogP contribution in [-0.4, -0.2) is 47.5 Å². The van der Waals surface area contributed by atoms with Crippen molar-refractivity contribution in [2.75, 3.05) is 19.5 Å². The van der Waals surface area contributed by atoms with Gasteiger partial charge in [-0.15, -0.1) is 11.6 Å². The van der Waals surface area contributed by atoms with E-state index in [0.717, 1.165) is 0 Å². The van der Waals surface area contributed by atoms with E-state index in [4.69, 9.17) is 23.2 Å². The Labute approximate surface area is 133 Å². The Hall–Kier alpha value is -1.30. The second kappa shape index (κ2) is 8.22. The van der Waals surface area contributed by atoms with Crippen LogP contribution in [0.2, 0.25) is 5.02 Å². The van der Waals surface area contributed by atoms with E-state index in [9.17, 15) is 14.7 Å². The highest BCUT2D eigenvalue weighted by Gasteiger charge is 2.28. The number of esters is 1. The number of hydrogen-bond donors (Lipinski definition) is 1. The van der Waals surface area contributed by atoms with E-state index in [1.165, 1.54) is 18.9 Å².